The Morgan fingerprint density at radius 3 is 1.90 bits per heavy atom. The van der Waals surface area contributed by atoms with Gasteiger partial charge in [0.15, 0.2) is 5.78 Å². The molecule has 2 aromatic rings. The van der Waals surface area contributed by atoms with Crippen molar-refractivity contribution in [3.05, 3.63) is 72.3 Å². The molecular weight excluding hydrogens is 244 g/mol. The second-order valence-corrected chi connectivity index (χ2v) is 4.99. The molecule has 0 aliphatic rings. The van der Waals surface area contributed by atoms with Crippen LogP contribution >= 0.6 is 0 Å². The number of carbonyl (C=O) groups is 1. The predicted octanol–water partition coefficient (Wildman–Crippen LogP) is 4.60. The first-order chi connectivity index (χ1) is 9.72. The van der Waals surface area contributed by atoms with E-state index in [2.05, 4.69) is 49.9 Å². The van der Waals surface area contributed by atoms with E-state index in [1.807, 2.05) is 12.1 Å². The van der Waals surface area contributed by atoms with Crippen molar-refractivity contribution in [3.63, 3.8) is 0 Å². The van der Waals surface area contributed by atoms with E-state index in [0.717, 1.165) is 12.0 Å². The maximum atomic E-state index is 11.3. The highest BCUT2D eigenvalue weighted by Crippen LogP contribution is 2.21. The molecule has 0 aliphatic heterocycles. The zero-order valence-electron chi connectivity index (χ0n) is 11.9. The van der Waals surface area contributed by atoms with Gasteiger partial charge in [0.05, 0.1) is 0 Å². The molecule has 0 unspecified atom stereocenters. The summed E-state index contributed by atoms with van der Waals surface area (Å²) in [6, 6.07) is 16.9. The minimum Gasteiger partial charge on any atom is -0.295 e. The van der Waals surface area contributed by atoms with Crippen LogP contribution in [0.1, 0.15) is 24.5 Å². The van der Waals surface area contributed by atoms with Crippen molar-refractivity contribution < 1.29 is 4.79 Å². The van der Waals surface area contributed by atoms with Crippen molar-refractivity contribution in [1.82, 2.24) is 0 Å². The van der Waals surface area contributed by atoms with E-state index < -0.39 is 0 Å². The van der Waals surface area contributed by atoms with E-state index in [1.165, 1.54) is 29.2 Å². The molecule has 2 aromatic carbocycles. The molecule has 0 fully saturated rings. The summed E-state index contributed by atoms with van der Waals surface area (Å²) in [5.41, 5.74) is 4.81. The highest BCUT2D eigenvalue weighted by atomic mass is 16.1. The van der Waals surface area contributed by atoms with Crippen molar-refractivity contribution in [3.8, 4) is 11.1 Å². The first kappa shape index (κ1) is 14.3. The van der Waals surface area contributed by atoms with Gasteiger partial charge in [-0.2, -0.15) is 0 Å². The molecule has 0 spiro atoms. The maximum Gasteiger partial charge on any atom is 0.159 e. The van der Waals surface area contributed by atoms with Crippen LogP contribution in [-0.4, -0.2) is 5.78 Å². The van der Waals surface area contributed by atoms with Crippen LogP contribution in [0.5, 0.6) is 0 Å². The molecule has 0 N–H and O–H groups in total. The zero-order valence-corrected chi connectivity index (χ0v) is 11.9. The topological polar surface area (TPSA) is 17.1 Å². The summed E-state index contributed by atoms with van der Waals surface area (Å²) in [6.07, 6.45) is 4.11. The van der Waals surface area contributed by atoms with Crippen LogP contribution in [0.15, 0.2) is 61.2 Å². The number of benzene rings is 2. The van der Waals surface area contributed by atoms with E-state index in [9.17, 15) is 4.79 Å². The second kappa shape index (κ2) is 6.85. The van der Waals surface area contributed by atoms with Gasteiger partial charge in [-0.1, -0.05) is 68.5 Å². The molecule has 0 saturated heterocycles. The first-order valence-corrected chi connectivity index (χ1v) is 7.06. The Hall–Kier alpha value is -2.15. The molecule has 0 aromatic heterocycles. The van der Waals surface area contributed by atoms with Gasteiger partial charge in [0, 0.05) is 6.42 Å². The van der Waals surface area contributed by atoms with Crippen molar-refractivity contribution >= 4 is 5.78 Å². The lowest BCUT2D eigenvalue weighted by Gasteiger charge is -2.05. The third kappa shape index (κ3) is 3.67. The summed E-state index contributed by atoms with van der Waals surface area (Å²) < 4.78 is 0. The molecule has 0 aliphatic carbocycles. The van der Waals surface area contributed by atoms with Crippen LogP contribution in [0.2, 0.25) is 0 Å². The summed E-state index contributed by atoms with van der Waals surface area (Å²) in [6.45, 7) is 5.69. The lowest BCUT2D eigenvalue weighted by molar-refractivity contribution is -0.114. The van der Waals surface area contributed by atoms with Crippen LogP contribution in [0, 0.1) is 0 Å². The second-order valence-electron chi connectivity index (χ2n) is 4.99. The van der Waals surface area contributed by atoms with Crippen molar-refractivity contribution in [2.24, 2.45) is 0 Å². The fourth-order valence-corrected chi connectivity index (χ4v) is 2.24. The Morgan fingerprint density at radius 1 is 0.950 bits per heavy atom. The van der Waals surface area contributed by atoms with Gasteiger partial charge in [0.2, 0.25) is 0 Å². The minimum atomic E-state index is 0.0571. The summed E-state index contributed by atoms with van der Waals surface area (Å²) >= 11 is 0. The van der Waals surface area contributed by atoms with Gasteiger partial charge in [0.25, 0.3) is 0 Å². The van der Waals surface area contributed by atoms with Crippen LogP contribution in [0.4, 0.5) is 0 Å². The van der Waals surface area contributed by atoms with Gasteiger partial charge >= 0.3 is 0 Å². The molecule has 102 valence electrons. The van der Waals surface area contributed by atoms with E-state index in [1.54, 1.807) is 0 Å². The van der Waals surface area contributed by atoms with Crippen LogP contribution < -0.4 is 0 Å². The van der Waals surface area contributed by atoms with E-state index >= 15 is 0 Å². The van der Waals surface area contributed by atoms with E-state index in [4.69, 9.17) is 0 Å². The lowest BCUT2D eigenvalue weighted by atomic mass is 10.00. The number of ketones is 1. The largest absolute Gasteiger partial charge is 0.295 e. The molecule has 0 bridgehead atoms. The predicted molar refractivity (Wildman–Crippen MR) is 84.8 cm³/mol. The molecule has 0 saturated carbocycles. The van der Waals surface area contributed by atoms with Crippen molar-refractivity contribution in [1.29, 1.82) is 0 Å². The van der Waals surface area contributed by atoms with Gasteiger partial charge in [-0.05, 0) is 34.8 Å². The number of hydrogen-bond acceptors (Lipinski definition) is 1. The molecule has 0 radical (unpaired) electrons. The highest BCUT2D eigenvalue weighted by molar-refractivity contribution is 5.90. The maximum absolute atomic E-state index is 11.3. The molecule has 0 heterocycles. The Morgan fingerprint density at radius 2 is 1.45 bits per heavy atom. The third-order valence-electron chi connectivity index (χ3n) is 3.39. The van der Waals surface area contributed by atoms with Crippen LogP contribution in [0.3, 0.4) is 0 Å². The Bertz CT molecular complexity index is 576. The van der Waals surface area contributed by atoms with Gasteiger partial charge < -0.3 is 0 Å². The number of hydrogen-bond donors (Lipinski definition) is 0. The standard InChI is InChI=1S/C19H20O/c1-3-5-15-6-10-17(11-7-15)18-12-8-16(9-13-18)14-19(20)4-2/h4,6-13H,2-3,5,14H2,1H3. The van der Waals surface area contributed by atoms with Gasteiger partial charge in [-0.15, -0.1) is 0 Å². The lowest BCUT2D eigenvalue weighted by Crippen LogP contribution is -1.97. The molecule has 1 heteroatoms. The average Bonchev–Trinajstić information content (AvgIpc) is 2.49. The SMILES string of the molecule is C=CC(=O)Cc1ccc(-c2ccc(CCC)cc2)cc1. The Balaban J connectivity index is 2.12. The normalized spacial score (nSPS) is 10.2. The van der Waals surface area contributed by atoms with Crippen molar-refractivity contribution in [2.75, 3.05) is 0 Å². The average molecular weight is 264 g/mol. The number of carbonyl (C=O) groups excluding carboxylic acids is 1. The zero-order chi connectivity index (χ0) is 14.4. The van der Waals surface area contributed by atoms with E-state index in [-0.39, 0.29) is 5.78 Å². The smallest absolute Gasteiger partial charge is 0.159 e. The summed E-state index contributed by atoms with van der Waals surface area (Å²) in [5.74, 6) is 0.0571. The van der Waals surface area contributed by atoms with Crippen LogP contribution in [0.25, 0.3) is 11.1 Å². The fourth-order valence-electron chi connectivity index (χ4n) is 2.24. The molecular formula is C19H20O. The van der Waals surface area contributed by atoms with E-state index in [0.29, 0.717) is 6.42 Å². The fraction of sp³-hybridized carbons (Fsp3) is 0.211. The summed E-state index contributed by atoms with van der Waals surface area (Å²) in [7, 11) is 0. The minimum absolute atomic E-state index is 0.0571. The van der Waals surface area contributed by atoms with Gasteiger partial charge in [-0.3, -0.25) is 4.79 Å². The van der Waals surface area contributed by atoms with Gasteiger partial charge in [-0.25, -0.2) is 0 Å². The number of rotatable bonds is 6. The van der Waals surface area contributed by atoms with Gasteiger partial charge in [0.1, 0.15) is 0 Å². The quantitative estimate of drug-likeness (QED) is 0.697. The molecule has 1 nitrogen and oxygen atoms in total. The molecule has 0 atom stereocenters. The highest BCUT2D eigenvalue weighted by Gasteiger charge is 2.01. The molecule has 0 amide bonds. The summed E-state index contributed by atoms with van der Waals surface area (Å²) in [5, 5.41) is 0. The van der Waals surface area contributed by atoms with Crippen molar-refractivity contribution in [2.45, 2.75) is 26.2 Å². The number of allylic oxidation sites excluding steroid dienone is 1. The molecule has 2 rings (SSSR count). The monoisotopic (exact) mass is 264 g/mol. The Labute approximate surface area is 121 Å². The van der Waals surface area contributed by atoms with Crippen LogP contribution in [-0.2, 0) is 17.6 Å². The third-order valence-corrected chi connectivity index (χ3v) is 3.39. The molecule has 20 heavy (non-hydrogen) atoms. The number of aryl methyl sites for hydroxylation is 1. The summed E-state index contributed by atoms with van der Waals surface area (Å²) in [4.78, 5) is 11.3. The first-order valence-electron chi connectivity index (χ1n) is 7.06. The Kier molecular flexibility index (Phi) is 4.89.